The molecule has 3 aromatic rings. The van der Waals surface area contributed by atoms with E-state index >= 15 is 0 Å². The number of pyridine rings is 1. The summed E-state index contributed by atoms with van der Waals surface area (Å²) in [4.78, 5) is 9.87. The predicted molar refractivity (Wildman–Crippen MR) is 131 cm³/mol. The zero-order chi connectivity index (χ0) is 23.1. The maximum absolute atomic E-state index is 10.2. The highest BCUT2D eigenvalue weighted by molar-refractivity contribution is 5.86. The minimum absolute atomic E-state index is 0.125. The van der Waals surface area contributed by atoms with E-state index < -0.39 is 0 Å². The van der Waals surface area contributed by atoms with Crippen molar-refractivity contribution in [3.63, 3.8) is 0 Å². The highest BCUT2D eigenvalue weighted by Crippen LogP contribution is 2.38. The molecule has 0 bridgehead atoms. The molecule has 0 N–H and O–H groups in total. The summed E-state index contributed by atoms with van der Waals surface area (Å²) in [6.07, 6.45) is 6.45. The highest BCUT2D eigenvalue weighted by Gasteiger charge is 2.32. The van der Waals surface area contributed by atoms with Gasteiger partial charge < -0.3 is 9.64 Å². The number of hydrogen-bond acceptors (Lipinski definition) is 6. The third-order valence-electron chi connectivity index (χ3n) is 7.82. The molecular formula is C27H30N6O. The van der Waals surface area contributed by atoms with Crippen LogP contribution in [0.5, 0.6) is 0 Å². The van der Waals surface area contributed by atoms with Crippen LogP contribution in [0.2, 0.25) is 0 Å². The Hall–Kier alpha value is -3.13. The molecule has 3 aliphatic heterocycles. The van der Waals surface area contributed by atoms with Crippen LogP contribution in [-0.2, 0) is 17.7 Å². The Balaban J connectivity index is 1.49. The van der Waals surface area contributed by atoms with Gasteiger partial charge in [0.15, 0.2) is 5.65 Å². The first kappa shape index (κ1) is 21.4. The van der Waals surface area contributed by atoms with Crippen LogP contribution in [0.3, 0.4) is 0 Å². The van der Waals surface area contributed by atoms with Crippen molar-refractivity contribution in [1.29, 1.82) is 10.5 Å². The number of rotatable bonds is 3. The van der Waals surface area contributed by atoms with Gasteiger partial charge in [-0.05, 0) is 56.2 Å². The molecule has 2 saturated heterocycles. The molecule has 34 heavy (non-hydrogen) atoms. The summed E-state index contributed by atoms with van der Waals surface area (Å²) in [6.45, 7) is 5.27. The molecule has 0 spiro atoms. The first-order valence-electron chi connectivity index (χ1n) is 12.6. The van der Waals surface area contributed by atoms with E-state index in [1.807, 2.05) is 18.2 Å². The minimum atomic E-state index is 0.125. The number of nitrogens with zero attached hydrogens (tertiary/aromatic N) is 6. The highest BCUT2D eigenvalue weighted by atomic mass is 16.5. The van der Waals surface area contributed by atoms with Gasteiger partial charge in [0, 0.05) is 50.8 Å². The van der Waals surface area contributed by atoms with Crippen molar-refractivity contribution >= 4 is 22.5 Å². The molecule has 5 heterocycles. The molecule has 7 heteroatoms. The van der Waals surface area contributed by atoms with E-state index in [0.717, 1.165) is 92.8 Å². The van der Waals surface area contributed by atoms with Crippen LogP contribution in [0.4, 0.5) is 5.82 Å². The summed E-state index contributed by atoms with van der Waals surface area (Å²) < 4.78 is 8.27. The second-order valence-corrected chi connectivity index (χ2v) is 9.89. The van der Waals surface area contributed by atoms with Gasteiger partial charge in [-0.15, -0.1) is 0 Å². The molecule has 6 rings (SSSR count). The van der Waals surface area contributed by atoms with Crippen molar-refractivity contribution in [2.75, 3.05) is 37.7 Å². The van der Waals surface area contributed by atoms with E-state index in [9.17, 15) is 10.5 Å². The van der Waals surface area contributed by atoms with Gasteiger partial charge in [-0.3, -0.25) is 9.30 Å². The summed E-state index contributed by atoms with van der Waals surface area (Å²) in [5, 5.41) is 19.7. The summed E-state index contributed by atoms with van der Waals surface area (Å²) >= 11 is 0. The van der Waals surface area contributed by atoms with Crippen molar-refractivity contribution in [2.24, 2.45) is 5.92 Å². The topological polar surface area (TPSA) is 80.6 Å². The lowest BCUT2D eigenvalue weighted by Crippen LogP contribution is -2.41. The normalized spacial score (nSPS) is 21.9. The van der Waals surface area contributed by atoms with Crippen molar-refractivity contribution in [1.82, 2.24) is 14.3 Å². The largest absolute Gasteiger partial charge is 0.377 e. The maximum Gasteiger partial charge on any atom is 0.157 e. The molecule has 2 aromatic heterocycles. The van der Waals surface area contributed by atoms with Gasteiger partial charge in [0.2, 0.25) is 0 Å². The first-order valence-corrected chi connectivity index (χ1v) is 12.6. The lowest BCUT2D eigenvalue weighted by Gasteiger charge is -2.38. The quantitative estimate of drug-likeness (QED) is 0.595. The SMILES string of the molecule is N#Cc1c2c(c(N3CCC(C#N)CC3)n3c1nc1ccccc13)CN(CC1CCCCO1)CC2. The zero-order valence-electron chi connectivity index (χ0n) is 19.5. The molecule has 2 fully saturated rings. The molecule has 0 saturated carbocycles. The summed E-state index contributed by atoms with van der Waals surface area (Å²) in [5.41, 5.74) is 5.86. The van der Waals surface area contributed by atoms with E-state index in [0.29, 0.717) is 6.10 Å². The Morgan fingerprint density at radius 3 is 2.65 bits per heavy atom. The Kier molecular flexibility index (Phi) is 5.61. The number of imidazole rings is 1. The lowest BCUT2D eigenvalue weighted by molar-refractivity contribution is -0.00801. The number of piperidine rings is 1. The number of benzene rings is 1. The van der Waals surface area contributed by atoms with Crippen LogP contribution in [0.15, 0.2) is 24.3 Å². The fraction of sp³-hybridized carbons (Fsp3) is 0.519. The van der Waals surface area contributed by atoms with E-state index in [1.54, 1.807) is 0 Å². The number of hydrogen-bond donors (Lipinski definition) is 0. The van der Waals surface area contributed by atoms with Gasteiger partial charge in [-0.1, -0.05) is 12.1 Å². The monoisotopic (exact) mass is 454 g/mol. The molecule has 0 aliphatic carbocycles. The van der Waals surface area contributed by atoms with Gasteiger partial charge in [0.1, 0.15) is 11.9 Å². The number of fused-ring (bicyclic) bond motifs is 4. The number of aromatic nitrogens is 2. The zero-order valence-corrected chi connectivity index (χ0v) is 19.5. The summed E-state index contributed by atoms with van der Waals surface area (Å²) in [5.74, 6) is 1.30. The fourth-order valence-electron chi connectivity index (χ4n) is 6.04. The van der Waals surface area contributed by atoms with E-state index in [2.05, 4.69) is 32.4 Å². The third kappa shape index (κ3) is 3.60. The number of para-hydroxylation sites is 2. The summed E-state index contributed by atoms with van der Waals surface area (Å²) in [6, 6.07) is 13.2. The average molecular weight is 455 g/mol. The molecule has 0 amide bonds. The fourth-order valence-corrected chi connectivity index (χ4v) is 6.04. The Labute approximate surface area is 200 Å². The van der Waals surface area contributed by atoms with Gasteiger partial charge >= 0.3 is 0 Å². The number of ether oxygens (including phenoxy) is 1. The molecule has 7 nitrogen and oxygen atoms in total. The van der Waals surface area contributed by atoms with Crippen LogP contribution in [0.25, 0.3) is 16.7 Å². The van der Waals surface area contributed by atoms with Crippen LogP contribution in [-0.4, -0.2) is 53.2 Å². The van der Waals surface area contributed by atoms with Gasteiger partial charge in [-0.25, -0.2) is 4.98 Å². The van der Waals surface area contributed by atoms with Crippen molar-refractivity contribution < 1.29 is 4.74 Å². The van der Waals surface area contributed by atoms with Crippen LogP contribution >= 0.6 is 0 Å². The molecule has 1 aromatic carbocycles. The van der Waals surface area contributed by atoms with Crippen LogP contribution in [0, 0.1) is 28.6 Å². The van der Waals surface area contributed by atoms with E-state index in [4.69, 9.17) is 9.72 Å². The second-order valence-electron chi connectivity index (χ2n) is 9.89. The summed E-state index contributed by atoms with van der Waals surface area (Å²) in [7, 11) is 0. The number of nitriles is 2. The molecule has 1 atom stereocenters. The van der Waals surface area contributed by atoms with Crippen molar-refractivity contribution in [2.45, 2.75) is 51.2 Å². The lowest BCUT2D eigenvalue weighted by atomic mass is 9.93. The molecule has 174 valence electrons. The van der Waals surface area contributed by atoms with Crippen LogP contribution < -0.4 is 4.90 Å². The average Bonchev–Trinajstić information content (AvgIpc) is 3.27. The molecular weight excluding hydrogens is 424 g/mol. The van der Waals surface area contributed by atoms with E-state index in [1.165, 1.54) is 24.2 Å². The third-order valence-corrected chi connectivity index (χ3v) is 7.82. The second kappa shape index (κ2) is 8.91. The van der Waals surface area contributed by atoms with Crippen molar-refractivity contribution in [3.05, 3.63) is 41.0 Å². The first-order chi connectivity index (χ1) is 16.8. The van der Waals surface area contributed by atoms with Gasteiger partial charge in [0.25, 0.3) is 0 Å². The Bertz CT molecular complexity index is 1300. The maximum atomic E-state index is 10.2. The minimum Gasteiger partial charge on any atom is -0.377 e. The van der Waals surface area contributed by atoms with E-state index in [-0.39, 0.29) is 5.92 Å². The van der Waals surface area contributed by atoms with Gasteiger partial charge in [-0.2, -0.15) is 10.5 Å². The van der Waals surface area contributed by atoms with Crippen LogP contribution in [0.1, 0.15) is 48.8 Å². The van der Waals surface area contributed by atoms with Crippen molar-refractivity contribution in [3.8, 4) is 12.1 Å². The Morgan fingerprint density at radius 1 is 1.03 bits per heavy atom. The molecule has 3 aliphatic rings. The molecule has 1 unspecified atom stereocenters. The molecule has 0 radical (unpaired) electrons. The smallest absolute Gasteiger partial charge is 0.157 e. The predicted octanol–water partition coefficient (Wildman–Crippen LogP) is 4.03. The standard InChI is InChI=1S/C27H30N6O/c28-15-19-8-12-32(13-9-19)27-23-18-31(17-20-5-3-4-14-34-20)11-10-21(23)22(16-29)26-30-24-6-1-2-7-25(24)33(26)27/h1-2,6-7,19-20H,3-5,8-14,17-18H2. The Morgan fingerprint density at radius 2 is 1.88 bits per heavy atom. The van der Waals surface area contributed by atoms with Gasteiger partial charge in [0.05, 0.1) is 28.8 Å². The number of anilines is 1.